The van der Waals surface area contributed by atoms with Crippen LogP contribution in [0.1, 0.15) is 44.5 Å². The Morgan fingerprint density at radius 2 is 1.73 bits per heavy atom. The molecule has 4 nitrogen and oxygen atoms in total. The molecule has 0 fully saturated rings. The minimum absolute atomic E-state index is 0.189. The Hall–Kier alpha value is -2.49. The summed E-state index contributed by atoms with van der Waals surface area (Å²) in [4.78, 5) is 12.7. The highest BCUT2D eigenvalue weighted by molar-refractivity contribution is 6.06. The Balaban J connectivity index is 2.04. The molecule has 0 unspecified atom stereocenters. The van der Waals surface area contributed by atoms with Crippen molar-refractivity contribution in [3.63, 3.8) is 0 Å². The van der Waals surface area contributed by atoms with Crippen molar-refractivity contribution in [2.45, 2.75) is 34.1 Å². The lowest BCUT2D eigenvalue weighted by molar-refractivity contribution is 0.102. The minimum atomic E-state index is -0.189. The standard InChI is InChI=1S/C22H29NO3/c1-16(2)12-13-25-21-11-6-5-10-20(21)22(24)23-18-8-7-9-19(14-18)26-15-17(3)4/h5-11,14,16-17H,12-13,15H2,1-4H3,(H,23,24). The lowest BCUT2D eigenvalue weighted by Gasteiger charge is -2.13. The fourth-order valence-electron chi connectivity index (χ4n) is 2.31. The SMILES string of the molecule is CC(C)CCOc1ccccc1C(=O)Nc1cccc(OCC(C)C)c1. The van der Waals surface area contributed by atoms with Crippen molar-refractivity contribution in [3.8, 4) is 11.5 Å². The van der Waals surface area contributed by atoms with Gasteiger partial charge < -0.3 is 14.8 Å². The summed E-state index contributed by atoms with van der Waals surface area (Å²) in [5.74, 6) is 2.18. The third kappa shape index (κ3) is 6.43. The van der Waals surface area contributed by atoms with Gasteiger partial charge in [0.05, 0.1) is 18.8 Å². The summed E-state index contributed by atoms with van der Waals surface area (Å²) in [6.07, 6.45) is 0.950. The van der Waals surface area contributed by atoms with Crippen LogP contribution in [-0.2, 0) is 0 Å². The third-order valence-electron chi connectivity index (χ3n) is 3.76. The second kappa shape index (κ2) is 9.85. The topological polar surface area (TPSA) is 47.6 Å². The Morgan fingerprint density at radius 1 is 0.962 bits per heavy atom. The van der Waals surface area contributed by atoms with Gasteiger partial charge in [-0.05, 0) is 42.5 Å². The van der Waals surface area contributed by atoms with Gasteiger partial charge in [-0.15, -0.1) is 0 Å². The number of para-hydroxylation sites is 1. The zero-order chi connectivity index (χ0) is 18.9. The maximum atomic E-state index is 12.7. The fourth-order valence-corrected chi connectivity index (χ4v) is 2.31. The number of rotatable bonds is 9. The van der Waals surface area contributed by atoms with Crippen LogP contribution in [0, 0.1) is 11.8 Å². The molecule has 0 spiro atoms. The molecule has 0 saturated heterocycles. The van der Waals surface area contributed by atoms with E-state index in [1.807, 2.05) is 42.5 Å². The van der Waals surface area contributed by atoms with E-state index in [4.69, 9.17) is 9.47 Å². The molecule has 0 aromatic heterocycles. The largest absolute Gasteiger partial charge is 0.493 e. The Bertz CT molecular complexity index is 710. The van der Waals surface area contributed by atoms with Crippen LogP contribution in [0.2, 0.25) is 0 Å². The van der Waals surface area contributed by atoms with Gasteiger partial charge in [0, 0.05) is 11.8 Å². The summed E-state index contributed by atoms with van der Waals surface area (Å²) < 4.78 is 11.5. The highest BCUT2D eigenvalue weighted by atomic mass is 16.5. The first-order valence-electron chi connectivity index (χ1n) is 9.21. The van der Waals surface area contributed by atoms with Gasteiger partial charge in [-0.2, -0.15) is 0 Å². The molecule has 0 heterocycles. The van der Waals surface area contributed by atoms with E-state index in [9.17, 15) is 4.79 Å². The van der Waals surface area contributed by atoms with E-state index in [0.717, 1.165) is 12.2 Å². The molecular weight excluding hydrogens is 326 g/mol. The molecule has 0 atom stereocenters. The van der Waals surface area contributed by atoms with Crippen LogP contribution in [0.4, 0.5) is 5.69 Å². The van der Waals surface area contributed by atoms with Crippen LogP contribution in [0.5, 0.6) is 11.5 Å². The second-order valence-corrected chi connectivity index (χ2v) is 7.21. The minimum Gasteiger partial charge on any atom is -0.493 e. The van der Waals surface area contributed by atoms with E-state index >= 15 is 0 Å². The van der Waals surface area contributed by atoms with Crippen LogP contribution in [-0.4, -0.2) is 19.1 Å². The summed E-state index contributed by atoms with van der Waals surface area (Å²) in [6.45, 7) is 9.74. The molecule has 26 heavy (non-hydrogen) atoms. The average Bonchev–Trinajstić information content (AvgIpc) is 2.60. The van der Waals surface area contributed by atoms with E-state index in [1.165, 1.54) is 0 Å². The molecule has 140 valence electrons. The average molecular weight is 355 g/mol. The molecule has 0 aliphatic heterocycles. The van der Waals surface area contributed by atoms with Crippen LogP contribution >= 0.6 is 0 Å². The lowest BCUT2D eigenvalue weighted by atomic mass is 10.1. The van der Waals surface area contributed by atoms with Crippen molar-refractivity contribution in [1.29, 1.82) is 0 Å². The van der Waals surface area contributed by atoms with E-state index in [-0.39, 0.29) is 5.91 Å². The van der Waals surface area contributed by atoms with Gasteiger partial charge in [0.15, 0.2) is 0 Å². The summed E-state index contributed by atoms with van der Waals surface area (Å²) >= 11 is 0. The first-order valence-corrected chi connectivity index (χ1v) is 9.21. The molecule has 0 bridgehead atoms. The van der Waals surface area contributed by atoms with Crippen LogP contribution in [0.15, 0.2) is 48.5 Å². The number of hydrogen-bond acceptors (Lipinski definition) is 3. The molecule has 1 N–H and O–H groups in total. The summed E-state index contributed by atoms with van der Waals surface area (Å²) in [5.41, 5.74) is 1.23. The van der Waals surface area contributed by atoms with Crippen molar-refractivity contribution in [2.24, 2.45) is 11.8 Å². The van der Waals surface area contributed by atoms with Gasteiger partial charge in [-0.3, -0.25) is 4.79 Å². The molecule has 2 aromatic carbocycles. The first kappa shape index (κ1) is 19.8. The number of anilines is 1. The maximum absolute atomic E-state index is 12.7. The molecule has 2 aromatic rings. The smallest absolute Gasteiger partial charge is 0.259 e. The number of hydrogen-bond donors (Lipinski definition) is 1. The molecule has 0 radical (unpaired) electrons. The highest BCUT2D eigenvalue weighted by Gasteiger charge is 2.13. The van der Waals surface area contributed by atoms with Crippen LogP contribution in [0.25, 0.3) is 0 Å². The van der Waals surface area contributed by atoms with Gasteiger partial charge in [0.1, 0.15) is 11.5 Å². The Kier molecular flexibility index (Phi) is 7.52. The molecule has 0 saturated carbocycles. The number of carbonyl (C=O) groups excluding carboxylic acids is 1. The second-order valence-electron chi connectivity index (χ2n) is 7.21. The van der Waals surface area contributed by atoms with Gasteiger partial charge in [-0.1, -0.05) is 45.9 Å². The number of carbonyl (C=O) groups is 1. The van der Waals surface area contributed by atoms with Gasteiger partial charge in [0.25, 0.3) is 5.91 Å². The van der Waals surface area contributed by atoms with Crippen LogP contribution in [0.3, 0.4) is 0 Å². The Labute approximate surface area is 156 Å². The Morgan fingerprint density at radius 3 is 2.46 bits per heavy atom. The number of amides is 1. The van der Waals surface area contributed by atoms with Crippen molar-refractivity contribution >= 4 is 11.6 Å². The first-order chi connectivity index (χ1) is 12.5. The van der Waals surface area contributed by atoms with E-state index in [1.54, 1.807) is 6.07 Å². The van der Waals surface area contributed by atoms with Gasteiger partial charge in [0.2, 0.25) is 0 Å². The lowest BCUT2D eigenvalue weighted by Crippen LogP contribution is -2.14. The van der Waals surface area contributed by atoms with Crippen molar-refractivity contribution in [3.05, 3.63) is 54.1 Å². The third-order valence-corrected chi connectivity index (χ3v) is 3.76. The zero-order valence-corrected chi connectivity index (χ0v) is 16.1. The quantitative estimate of drug-likeness (QED) is 0.655. The van der Waals surface area contributed by atoms with E-state index in [2.05, 4.69) is 33.0 Å². The van der Waals surface area contributed by atoms with Crippen molar-refractivity contribution in [2.75, 3.05) is 18.5 Å². The summed E-state index contributed by atoms with van der Waals surface area (Å²) in [7, 11) is 0. The summed E-state index contributed by atoms with van der Waals surface area (Å²) in [6, 6.07) is 14.8. The van der Waals surface area contributed by atoms with E-state index in [0.29, 0.717) is 42.0 Å². The number of nitrogens with one attached hydrogen (secondary N) is 1. The van der Waals surface area contributed by atoms with Crippen molar-refractivity contribution < 1.29 is 14.3 Å². The highest BCUT2D eigenvalue weighted by Crippen LogP contribution is 2.22. The predicted octanol–water partition coefficient (Wildman–Crippen LogP) is 5.40. The molecule has 1 amide bonds. The molecule has 4 heteroatoms. The van der Waals surface area contributed by atoms with Gasteiger partial charge >= 0.3 is 0 Å². The van der Waals surface area contributed by atoms with Gasteiger partial charge in [-0.25, -0.2) is 0 Å². The molecular formula is C22H29NO3. The summed E-state index contributed by atoms with van der Waals surface area (Å²) in [5, 5.41) is 2.93. The normalized spacial score (nSPS) is 10.8. The van der Waals surface area contributed by atoms with Crippen LogP contribution < -0.4 is 14.8 Å². The monoisotopic (exact) mass is 355 g/mol. The maximum Gasteiger partial charge on any atom is 0.259 e. The zero-order valence-electron chi connectivity index (χ0n) is 16.1. The fraction of sp³-hybridized carbons (Fsp3) is 0.409. The predicted molar refractivity (Wildman–Crippen MR) is 106 cm³/mol. The number of ether oxygens (including phenoxy) is 2. The van der Waals surface area contributed by atoms with Crippen molar-refractivity contribution in [1.82, 2.24) is 0 Å². The number of benzene rings is 2. The van der Waals surface area contributed by atoms with E-state index < -0.39 is 0 Å². The molecule has 2 rings (SSSR count). The molecule has 0 aliphatic carbocycles. The molecule has 0 aliphatic rings.